The Bertz CT molecular complexity index is 916. The molecule has 1 N–H and O–H groups in total. The number of aromatic nitrogens is 2. The largest absolute Gasteiger partial charge is 0.495 e. The van der Waals surface area contributed by atoms with Crippen molar-refractivity contribution in [3.8, 4) is 17.2 Å². The number of halogens is 1. The van der Waals surface area contributed by atoms with Crippen molar-refractivity contribution in [1.29, 1.82) is 0 Å². The lowest BCUT2D eigenvalue weighted by molar-refractivity contribution is -0.115. The molecule has 0 saturated carbocycles. The zero-order valence-electron chi connectivity index (χ0n) is 14.1. The maximum Gasteiger partial charge on any atom is 0.277 e. The number of thioether (sulfide) groups is 1. The molecular weight excluding hydrogens is 374 g/mol. The Kier molecular flexibility index (Phi) is 5.80. The summed E-state index contributed by atoms with van der Waals surface area (Å²) in [5.41, 5.74) is 1.33. The second-order valence-electron chi connectivity index (χ2n) is 5.33. The topological polar surface area (TPSA) is 77.2 Å². The highest BCUT2D eigenvalue weighted by atomic mass is 35.5. The molecule has 1 atom stereocenters. The highest BCUT2D eigenvalue weighted by molar-refractivity contribution is 8.00. The van der Waals surface area contributed by atoms with Crippen molar-refractivity contribution in [1.82, 2.24) is 10.2 Å². The number of carbonyl (C=O) groups is 1. The third-order valence-electron chi connectivity index (χ3n) is 3.49. The summed E-state index contributed by atoms with van der Waals surface area (Å²) in [7, 11) is 1.55. The van der Waals surface area contributed by atoms with E-state index in [2.05, 4.69) is 15.5 Å². The SMILES string of the molecule is COc1ccccc1NC(=O)[C@H](C)Sc1nnc(-c2cccc(Cl)c2)o1. The summed E-state index contributed by atoms with van der Waals surface area (Å²) < 4.78 is 10.9. The van der Waals surface area contributed by atoms with Gasteiger partial charge in [0.15, 0.2) is 0 Å². The number of anilines is 1. The van der Waals surface area contributed by atoms with Gasteiger partial charge >= 0.3 is 0 Å². The van der Waals surface area contributed by atoms with E-state index in [9.17, 15) is 4.79 Å². The Balaban J connectivity index is 1.66. The van der Waals surface area contributed by atoms with Crippen molar-refractivity contribution < 1.29 is 13.9 Å². The number of hydrogen-bond acceptors (Lipinski definition) is 6. The van der Waals surface area contributed by atoms with Gasteiger partial charge in [-0.25, -0.2) is 0 Å². The molecule has 1 amide bonds. The maximum atomic E-state index is 12.4. The Morgan fingerprint density at radius 3 is 2.81 bits per heavy atom. The standard InChI is InChI=1S/C18H16ClN3O3S/c1-11(16(23)20-14-8-3-4-9-15(14)24-2)26-18-22-21-17(25-18)12-6-5-7-13(19)10-12/h3-11H,1-2H3,(H,20,23)/t11-/m0/s1. The van der Waals surface area contributed by atoms with E-state index in [4.69, 9.17) is 20.8 Å². The van der Waals surface area contributed by atoms with E-state index in [1.807, 2.05) is 18.2 Å². The average molecular weight is 390 g/mol. The summed E-state index contributed by atoms with van der Waals surface area (Å²) in [5.74, 6) is 0.758. The van der Waals surface area contributed by atoms with Crippen molar-refractivity contribution in [2.75, 3.05) is 12.4 Å². The molecule has 3 rings (SSSR count). The molecule has 0 aliphatic rings. The van der Waals surface area contributed by atoms with Gasteiger partial charge in [0, 0.05) is 10.6 Å². The number of rotatable bonds is 6. The lowest BCUT2D eigenvalue weighted by Gasteiger charge is -2.12. The molecule has 2 aromatic carbocycles. The molecule has 1 aromatic heterocycles. The van der Waals surface area contributed by atoms with Crippen molar-refractivity contribution >= 4 is 35.0 Å². The lowest BCUT2D eigenvalue weighted by atomic mass is 10.2. The molecule has 0 radical (unpaired) electrons. The third-order valence-corrected chi connectivity index (χ3v) is 4.66. The zero-order chi connectivity index (χ0) is 18.5. The Morgan fingerprint density at radius 1 is 1.23 bits per heavy atom. The first-order chi connectivity index (χ1) is 12.6. The summed E-state index contributed by atoms with van der Waals surface area (Å²) in [5, 5.41) is 11.3. The normalized spacial score (nSPS) is 11.8. The van der Waals surface area contributed by atoms with Gasteiger partial charge in [-0.2, -0.15) is 0 Å². The molecule has 6 nitrogen and oxygen atoms in total. The summed E-state index contributed by atoms with van der Waals surface area (Å²) in [6.45, 7) is 1.76. The van der Waals surface area contributed by atoms with Crippen LogP contribution in [0.5, 0.6) is 5.75 Å². The Morgan fingerprint density at radius 2 is 2.04 bits per heavy atom. The van der Waals surface area contributed by atoms with E-state index < -0.39 is 5.25 Å². The van der Waals surface area contributed by atoms with Crippen LogP contribution in [0.3, 0.4) is 0 Å². The van der Waals surface area contributed by atoms with Crippen LogP contribution in [0.2, 0.25) is 5.02 Å². The maximum absolute atomic E-state index is 12.4. The number of methoxy groups -OCH3 is 1. The second-order valence-corrected chi connectivity index (χ2v) is 7.06. The summed E-state index contributed by atoms with van der Waals surface area (Å²) in [6.07, 6.45) is 0. The Labute approximate surface area is 159 Å². The monoisotopic (exact) mass is 389 g/mol. The van der Waals surface area contributed by atoms with Gasteiger partial charge in [0.2, 0.25) is 11.8 Å². The van der Waals surface area contributed by atoms with E-state index in [-0.39, 0.29) is 5.91 Å². The summed E-state index contributed by atoms with van der Waals surface area (Å²) in [6, 6.07) is 14.3. The molecule has 0 spiro atoms. The quantitative estimate of drug-likeness (QED) is 0.624. The minimum absolute atomic E-state index is 0.193. The average Bonchev–Trinajstić information content (AvgIpc) is 3.10. The predicted octanol–water partition coefficient (Wildman–Crippen LogP) is 4.52. The minimum Gasteiger partial charge on any atom is -0.495 e. The highest BCUT2D eigenvalue weighted by Gasteiger charge is 2.20. The molecule has 0 unspecified atom stereocenters. The fourth-order valence-corrected chi connectivity index (χ4v) is 3.06. The number of ether oxygens (including phenoxy) is 1. The molecule has 0 fully saturated rings. The fourth-order valence-electron chi connectivity index (χ4n) is 2.18. The van der Waals surface area contributed by atoms with Crippen LogP contribution in [-0.2, 0) is 4.79 Å². The van der Waals surface area contributed by atoms with Crippen molar-refractivity contribution in [3.05, 3.63) is 53.6 Å². The molecular formula is C18H16ClN3O3S. The number of para-hydroxylation sites is 2. The number of amides is 1. The van der Waals surface area contributed by atoms with Crippen molar-refractivity contribution in [2.24, 2.45) is 0 Å². The first kappa shape index (κ1) is 18.3. The zero-order valence-corrected chi connectivity index (χ0v) is 15.7. The fraction of sp³-hybridized carbons (Fsp3) is 0.167. The van der Waals surface area contributed by atoms with Crippen molar-refractivity contribution in [2.45, 2.75) is 17.4 Å². The molecule has 0 bridgehead atoms. The van der Waals surface area contributed by atoms with E-state index in [0.717, 1.165) is 5.56 Å². The van der Waals surface area contributed by atoms with E-state index in [1.165, 1.54) is 11.8 Å². The number of benzene rings is 2. The van der Waals surface area contributed by atoms with Gasteiger partial charge in [-0.3, -0.25) is 4.79 Å². The lowest BCUT2D eigenvalue weighted by Crippen LogP contribution is -2.22. The summed E-state index contributed by atoms with van der Waals surface area (Å²) >= 11 is 7.15. The molecule has 3 aromatic rings. The van der Waals surface area contributed by atoms with Crippen LogP contribution >= 0.6 is 23.4 Å². The van der Waals surface area contributed by atoms with Crippen molar-refractivity contribution in [3.63, 3.8) is 0 Å². The molecule has 134 valence electrons. The third kappa shape index (κ3) is 4.36. The van der Waals surface area contributed by atoms with Gasteiger partial charge in [0.05, 0.1) is 18.0 Å². The minimum atomic E-state index is -0.437. The highest BCUT2D eigenvalue weighted by Crippen LogP contribution is 2.29. The number of nitrogens with zero attached hydrogens (tertiary/aromatic N) is 2. The first-order valence-corrected chi connectivity index (χ1v) is 9.02. The van der Waals surface area contributed by atoms with Crippen LogP contribution in [0, 0.1) is 0 Å². The van der Waals surface area contributed by atoms with Gasteiger partial charge in [0.25, 0.3) is 5.22 Å². The van der Waals surface area contributed by atoms with Crippen LogP contribution in [0.15, 0.2) is 58.2 Å². The number of hydrogen-bond donors (Lipinski definition) is 1. The van der Waals surface area contributed by atoms with E-state index >= 15 is 0 Å². The number of carbonyl (C=O) groups excluding carboxylic acids is 1. The van der Waals surface area contributed by atoms with Crippen LogP contribution < -0.4 is 10.1 Å². The van der Waals surface area contributed by atoms with Gasteiger partial charge in [0.1, 0.15) is 5.75 Å². The van der Waals surface area contributed by atoms with Crippen LogP contribution in [0.4, 0.5) is 5.69 Å². The van der Waals surface area contributed by atoms with Crippen LogP contribution in [0.1, 0.15) is 6.92 Å². The molecule has 0 aliphatic carbocycles. The van der Waals surface area contributed by atoms with Gasteiger partial charge < -0.3 is 14.5 Å². The molecule has 26 heavy (non-hydrogen) atoms. The van der Waals surface area contributed by atoms with Gasteiger partial charge in [-0.15, -0.1) is 10.2 Å². The van der Waals surface area contributed by atoms with E-state index in [0.29, 0.717) is 27.6 Å². The molecule has 0 aliphatic heterocycles. The van der Waals surface area contributed by atoms with E-state index in [1.54, 1.807) is 44.4 Å². The smallest absolute Gasteiger partial charge is 0.277 e. The Hall–Kier alpha value is -2.51. The predicted molar refractivity (Wildman–Crippen MR) is 102 cm³/mol. The second kappa shape index (κ2) is 8.25. The van der Waals surface area contributed by atoms with Gasteiger partial charge in [-0.1, -0.05) is 41.6 Å². The first-order valence-electron chi connectivity index (χ1n) is 7.77. The van der Waals surface area contributed by atoms with Crippen LogP contribution in [-0.4, -0.2) is 28.5 Å². The summed E-state index contributed by atoms with van der Waals surface area (Å²) in [4.78, 5) is 12.4. The van der Waals surface area contributed by atoms with Crippen LogP contribution in [0.25, 0.3) is 11.5 Å². The molecule has 1 heterocycles. The number of nitrogens with one attached hydrogen (secondary N) is 1. The van der Waals surface area contributed by atoms with Gasteiger partial charge in [-0.05, 0) is 37.3 Å². The molecule has 8 heteroatoms. The molecule has 0 saturated heterocycles.